The lowest BCUT2D eigenvalue weighted by atomic mass is 10.1. The van der Waals surface area contributed by atoms with Gasteiger partial charge in [0.2, 0.25) is 0 Å². The molecule has 0 fully saturated rings. The van der Waals surface area contributed by atoms with Gasteiger partial charge in [0.05, 0.1) is 12.1 Å². The number of Topliss-reactive ketones (excluding diaryl/α,β-unsaturated/α-hetero) is 1. The highest BCUT2D eigenvalue weighted by atomic mass is 19.1. The van der Waals surface area contributed by atoms with E-state index in [1.807, 2.05) is 43.0 Å². The van der Waals surface area contributed by atoms with E-state index in [-0.39, 0.29) is 12.1 Å². The first-order valence-electron chi connectivity index (χ1n) is 6.81. The van der Waals surface area contributed by atoms with Gasteiger partial charge in [-0.3, -0.25) is 4.79 Å². The zero-order chi connectivity index (χ0) is 15.4. The van der Waals surface area contributed by atoms with Gasteiger partial charge >= 0.3 is 0 Å². The van der Waals surface area contributed by atoms with Crippen LogP contribution in [0.5, 0.6) is 0 Å². The maximum atomic E-state index is 13.6. The molecule has 0 aromatic heterocycles. The standard InChI is InChI=1S/C17H17F2NO/c1-3-20(14-7-4-12(2)5-8-14)11-17(21)15-10-13(18)6-9-16(15)19/h4-10H,3,11H2,1-2H3. The minimum atomic E-state index is -0.693. The van der Waals surface area contributed by atoms with Gasteiger partial charge in [0, 0.05) is 12.2 Å². The molecule has 2 rings (SSSR count). The Morgan fingerprint density at radius 3 is 2.38 bits per heavy atom. The fourth-order valence-electron chi connectivity index (χ4n) is 2.11. The van der Waals surface area contributed by atoms with Gasteiger partial charge in [-0.15, -0.1) is 0 Å². The minimum absolute atomic E-state index is 0.0138. The number of likely N-dealkylation sites (N-methyl/N-ethyl adjacent to an activating group) is 1. The molecule has 0 saturated carbocycles. The molecule has 0 atom stereocenters. The highest BCUT2D eigenvalue weighted by Crippen LogP contribution is 2.17. The molecule has 0 unspecified atom stereocenters. The fraction of sp³-hybridized carbons (Fsp3) is 0.235. The Balaban J connectivity index is 2.20. The number of halogens is 2. The van der Waals surface area contributed by atoms with Crippen LogP contribution in [0.3, 0.4) is 0 Å². The topological polar surface area (TPSA) is 20.3 Å². The first kappa shape index (κ1) is 15.2. The van der Waals surface area contributed by atoms with Crippen LogP contribution in [0, 0.1) is 18.6 Å². The molecule has 0 aliphatic heterocycles. The SMILES string of the molecule is CCN(CC(=O)c1cc(F)ccc1F)c1ccc(C)cc1. The second-order valence-electron chi connectivity index (χ2n) is 4.90. The second-order valence-corrected chi connectivity index (χ2v) is 4.90. The monoisotopic (exact) mass is 289 g/mol. The number of anilines is 1. The summed E-state index contributed by atoms with van der Waals surface area (Å²) in [6.07, 6.45) is 0. The molecule has 0 aliphatic rings. The van der Waals surface area contributed by atoms with Crippen LogP contribution in [0.2, 0.25) is 0 Å². The molecule has 0 amide bonds. The Bertz CT molecular complexity index is 638. The first-order valence-corrected chi connectivity index (χ1v) is 6.81. The van der Waals surface area contributed by atoms with E-state index in [9.17, 15) is 13.6 Å². The van der Waals surface area contributed by atoms with Gasteiger partial charge in [0.25, 0.3) is 0 Å². The summed E-state index contributed by atoms with van der Waals surface area (Å²) in [6.45, 7) is 4.51. The first-order chi connectivity index (χ1) is 10.0. The van der Waals surface area contributed by atoms with Crippen LogP contribution in [-0.2, 0) is 0 Å². The summed E-state index contributed by atoms with van der Waals surface area (Å²) in [5.41, 5.74) is 1.80. The molecule has 2 nitrogen and oxygen atoms in total. The van der Waals surface area contributed by atoms with Gasteiger partial charge in [-0.05, 0) is 44.2 Å². The van der Waals surface area contributed by atoms with Gasteiger partial charge in [0.15, 0.2) is 5.78 Å². The third kappa shape index (κ3) is 3.66. The molecule has 2 aromatic carbocycles. The Morgan fingerprint density at radius 1 is 1.10 bits per heavy atom. The summed E-state index contributed by atoms with van der Waals surface area (Å²) < 4.78 is 26.8. The number of aryl methyl sites for hydroxylation is 1. The average Bonchev–Trinajstić information content (AvgIpc) is 2.48. The lowest BCUT2D eigenvalue weighted by Crippen LogP contribution is -2.30. The lowest BCUT2D eigenvalue weighted by molar-refractivity contribution is 0.0995. The van der Waals surface area contributed by atoms with Crippen LogP contribution < -0.4 is 4.90 Å². The van der Waals surface area contributed by atoms with Crippen LogP contribution in [0.4, 0.5) is 14.5 Å². The van der Waals surface area contributed by atoms with Crippen molar-refractivity contribution in [2.75, 3.05) is 18.0 Å². The Kier molecular flexibility index (Phi) is 4.68. The number of ketones is 1. The van der Waals surface area contributed by atoms with E-state index >= 15 is 0 Å². The summed E-state index contributed by atoms with van der Waals surface area (Å²) >= 11 is 0. The van der Waals surface area contributed by atoms with Crippen molar-refractivity contribution in [1.29, 1.82) is 0 Å². The Morgan fingerprint density at radius 2 is 1.76 bits per heavy atom. The summed E-state index contributed by atoms with van der Waals surface area (Å²) in [7, 11) is 0. The van der Waals surface area contributed by atoms with Gasteiger partial charge < -0.3 is 4.90 Å². The molecule has 0 bridgehead atoms. The van der Waals surface area contributed by atoms with Crippen LogP contribution >= 0.6 is 0 Å². The second kappa shape index (κ2) is 6.48. The van der Waals surface area contributed by atoms with E-state index in [4.69, 9.17) is 0 Å². The highest BCUT2D eigenvalue weighted by molar-refractivity contribution is 5.99. The van der Waals surface area contributed by atoms with E-state index in [1.165, 1.54) is 0 Å². The highest BCUT2D eigenvalue weighted by Gasteiger charge is 2.16. The number of benzene rings is 2. The predicted octanol–water partition coefficient (Wildman–Crippen LogP) is 3.98. The number of rotatable bonds is 5. The maximum Gasteiger partial charge on any atom is 0.185 e. The Labute approximate surface area is 123 Å². The smallest absolute Gasteiger partial charge is 0.185 e. The number of carbonyl (C=O) groups is 1. The van der Waals surface area contributed by atoms with Crippen molar-refractivity contribution in [2.24, 2.45) is 0 Å². The third-order valence-corrected chi connectivity index (χ3v) is 3.34. The number of nitrogens with zero attached hydrogens (tertiary/aromatic N) is 1. The van der Waals surface area contributed by atoms with Crippen molar-refractivity contribution in [3.8, 4) is 0 Å². The zero-order valence-corrected chi connectivity index (χ0v) is 12.1. The van der Waals surface area contributed by atoms with Crippen LogP contribution in [0.25, 0.3) is 0 Å². The molecule has 0 saturated heterocycles. The lowest BCUT2D eigenvalue weighted by Gasteiger charge is -2.22. The van der Waals surface area contributed by atoms with E-state index in [1.54, 1.807) is 0 Å². The molecule has 110 valence electrons. The third-order valence-electron chi connectivity index (χ3n) is 3.34. The van der Waals surface area contributed by atoms with E-state index < -0.39 is 17.4 Å². The van der Waals surface area contributed by atoms with E-state index in [0.29, 0.717) is 6.54 Å². The number of carbonyl (C=O) groups excluding carboxylic acids is 1. The normalized spacial score (nSPS) is 10.5. The van der Waals surface area contributed by atoms with Crippen LogP contribution in [0.15, 0.2) is 42.5 Å². The molecule has 2 aromatic rings. The fourth-order valence-corrected chi connectivity index (χ4v) is 2.11. The Hall–Kier alpha value is -2.23. The summed E-state index contributed by atoms with van der Waals surface area (Å²) in [5.74, 6) is -1.74. The average molecular weight is 289 g/mol. The predicted molar refractivity (Wildman–Crippen MR) is 79.8 cm³/mol. The van der Waals surface area contributed by atoms with Gasteiger partial charge in [-0.1, -0.05) is 17.7 Å². The van der Waals surface area contributed by atoms with Gasteiger partial charge in [0.1, 0.15) is 11.6 Å². The van der Waals surface area contributed by atoms with Crippen molar-refractivity contribution in [3.05, 3.63) is 65.2 Å². The zero-order valence-electron chi connectivity index (χ0n) is 12.1. The quantitative estimate of drug-likeness (QED) is 0.776. The molecule has 4 heteroatoms. The van der Waals surface area contributed by atoms with Crippen molar-refractivity contribution >= 4 is 11.5 Å². The molecule has 0 aliphatic carbocycles. The molecular weight excluding hydrogens is 272 g/mol. The van der Waals surface area contributed by atoms with Crippen LogP contribution in [-0.4, -0.2) is 18.9 Å². The maximum absolute atomic E-state index is 13.6. The minimum Gasteiger partial charge on any atom is -0.364 e. The molecule has 21 heavy (non-hydrogen) atoms. The number of hydrogen-bond acceptors (Lipinski definition) is 2. The summed E-state index contributed by atoms with van der Waals surface area (Å²) in [6, 6.07) is 10.6. The van der Waals surface area contributed by atoms with Gasteiger partial charge in [-0.25, -0.2) is 8.78 Å². The van der Waals surface area contributed by atoms with Crippen molar-refractivity contribution in [2.45, 2.75) is 13.8 Å². The van der Waals surface area contributed by atoms with Crippen molar-refractivity contribution in [1.82, 2.24) is 0 Å². The van der Waals surface area contributed by atoms with Gasteiger partial charge in [-0.2, -0.15) is 0 Å². The molecule has 0 N–H and O–H groups in total. The molecular formula is C17H17F2NO. The van der Waals surface area contributed by atoms with Crippen molar-refractivity contribution < 1.29 is 13.6 Å². The van der Waals surface area contributed by atoms with E-state index in [0.717, 1.165) is 29.4 Å². The number of hydrogen-bond donors (Lipinski definition) is 0. The molecule has 0 radical (unpaired) electrons. The van der Waals surface area contributed by atoms with E-state index in [2.05, 4.69) is 0 Å². The largest absolute Gasteiger partial charge is 0.364 e. The molecule has 0 heterocycles. The van der Waals surface area contributed by atoms with Crippen LogP contribution in [0.1, 0.15) is 22.8 Å². The van der Waals surface area contributed by atoms with Crippen molar-refractivity contribution in [3.63, 3.8) is 0 Å². The molecule has 0 spiro atoms. The summed E-state index contributed by atoms with van der Waals surface area (Å²) in [5, 5.41) is 0. The summed E-state index contributed by atoms with van der Waals surface area (Å²) in [4.78, 5) is 14.0.